The smallest absolute Gasteiger partial charge is 0.258 e. The molecule has 0 bridgehead atoms. The fourth-order valence-corrected chi connectivity index (χ4v) is 3.42. The van der Waals surface area contributed by atoms with Crippen molar-refractivity contribution in [1.82, 2.24) is 5.32 Å². The van der Waals surface area contributed by atoms with Crippen LogP contribution in [0.4, 0.5) is 0 Å². The van der Waals surface area contributed by atoms with Crippen LogP contribution >= 0.6 is 15.9 Å². The molecule has 0 saturated carbocycles. The number of hydrogen-bond donors (Lipinski definition) is 1. The maximum atomic E-state index is 12.3. The van der Waals surface area contributed by atoms with E-state index in [1.54, 1.807) is 0 Å². The molecule has 0 saturated heterocycles. The lowest BCUT2D eigenvalue weighted by Gasteiger charge is -2.20. The molecule has 1 atom stereocenters. The first-order chi connectivity index (χ1) is 11.9. The first-order valence-electron chi connectivity index (χ1n) is 8.72. The van der Waals surface area contributed by atoms with Gasteiger partial charge < -0.3 is 10.1 Å². The van der Waals surface area contributed by atoms with Crippen molar-refractivity contribution in [3.05, 3.63) is 63.1 Å². The quantitative estimate of drug-likeness (QED) is 0.682. The van der Waals surface area contributed by atoms with Gasteiger partial charge in [-0.25, -0.2) is 0 Å². The molecule has 0 spiro atoms. The van der Waals surface area contributed by atoms with Gasteiger partial charge in [0, 0.05) is 0 Å². The van der Waals surface area contributed by atoms with Crippen LogP contribution in [-0.2, 0) is 11.2 Å². The Bertz CT molecular complexity index is 743. The van der Waals surface area contributed by atoms with E-state index < -0.39 is 0 Å². The van der Waals surface area contributed by atoms with Gasteiger partial charge in [0.2, 0.25) is 0 Å². The van der Waals surface area contributed by atoms with Crippen LogP contribution in [-0.4, -0.2) is 12.5 Å². The van der Waals surface area contributed by atoms with Gasteiger partial charge in [-0.05, 0) is 71.4 Å². The molecule has 0 unspecified atom stereocenters. The number of aryl methyl sites for hydroxylation is 3. The summed E-state index contributed by atoms with van der Waals surface area (Å²) in [7, 11) is 0. The predicted octanol–water partition coefficient (Wildman–Crippen LogP) is 5.27. The highest BCUT2D eigenvalue weighted by Crippen LogP contribution is 2.26. The number of amides is 1. The SMILES string of the molecule is CCc1ccc(OCC(=O)N[C@@H](CC)c2ccc(C)cc2C)c(Br)c1. The van der Waals surface area contributed by atoms with Crippen LogP contribution in [0.1, 0.15) is 48.6 Å². The Balaban J connectivity index is 1.98. The topological polar surface area (TPSA) is 38.3 Å². The Hall–Kier alpha value is -1.81. The molecule has 3 nitrogen and oxygen atoms in total. The van der Waals surface area contributed by atoms with E-state index in [9.17, 15) is 4.79 Å². The van der Waals surface area contributed by atoms with Gasteiger partial charge in [0.15, 0.2) is 6.61 Å². The van der Waals surface area contributed by atoms with Crippen molar-refractivity contribution in [2.24, 2.45) is 0 Å². The first-order valence-corrected chi connectivity index (χ1v) is 9.51. The van der Waals surface area contributed by atoms with Crippen molar-refractivity contribution in [2.75, 3.05) is 6.61 Å². The lowest BCUT2D eigenvalue weighted by Crippen LogP contribution is -2.32. The fourth-order valence-electron chi connectivity index (χ4n) is 2.88. The first kappa shape index (κ1) is 19.5. The Kier molecular flexibility index (Phi) is 7.06. The number of benzene rings is 2. The maximum Gasteiger partial charge on any atom is 0.258 e. The van der Waals surface area contributed by atoms with E-state index in [4.69, 9.17) is 4.74 Å². The third-order valence-electron chi connectivity index (χ3n) is 4.31. The third kappa shape index (κ3) is 5.33. The van der Waals surface area contributed by atoms with Gasteiger partial charge in [0.25, 0.3) is 5.91 Å². The van der Waals surface area contributed by atoms with Crippen LogP contribution in [0.3, 0.4) is 0 Å². The largest absolute Gasteiger partial charge is 0.483 e. The van der Waals surface area contributed by atoms with Crippen LogP contribution in [0.15, 0.2) is 40.9 Å². The zero-order chi connectivity index (χ0) is 18.4. The van der Waals surface area contributed by atoms with Crippen LogP contribution < -0.4 is 10.1 Å². The highest BCUT2D eigenvalue weighted by atomic mass is 79.9. The molecular formula is C21H26BrNO2. The molecule has 2 aromatic rings. The molecule has 0 aliphatic rings. The summed E-state index contributed by atoms with van der Waals surface area (Å²) in [5.41, 5.74) is 4.82. The molecule has 2 aromatic carbocycles. The Morgan fingerprint density at radius 2 is 1.92 bits per heavy atom. The van der Waals surface area contributed by atoms with Gasteiger partial charge in [0.1, 0.15) is 5.75 Å². The van der Waals surface area contributed by atoms with Crippen molar-refractivity contribution >= 4 is 21.8 Å². The fraction of sp³-hybridized carbons (Fsp3) is 0.381. The number of hydrogen-bond acceptors (Lipinski definition) is 2. The van der Waals surface area contributed by atoms with Crippen LogP contribution in [0.25, 0.3) is 0 Å². The van der Waals surface area contributed by atoms with E-state index in [2.05, 4.69) is 67.1 Å². The lowest BCUT2D eigenvalue weighted by atomic mass is 9.97. The van der Waals surface area contributed by atoms with Crippen molar-refractivity contribution in [3.63, 3.8) is 0 Å². The summed E-state index contributed by atoms with van der Waals surface area (Å²) in [6, 6.07) is 12.3. The zero-order valence-corrected chi connectivity index (χ0v) is 16.9. The van der Waals surface area contributed by atoms with Gasteiger partial charge in [-0.3, -0.25) is 4.79 Å². The van der Waals surface area contributed by atoms with E-state index in [1.807, 2.05) is 18.2 Å². The molecule has 2 rings (SSSR count). The number of nitrogens with one attached hydrogen (secondary N) is 1. The van der Waals surface area contributed by atoms with Crippen molar-refractivity contribution in [1.29, 1.82) is 0 Å². The number of rotatable bonds is 7. The van der Waals surface area contributed by atoms with Crippen LogP contribution in [0, 0.1) is 13.8 Å². The summed E-state index contributed by atoms with van der Waals surface area (Å²) in [5.74, 6) is 0.574. The minimum absolute atomic E-state index is 0.00241. The minimum atomic E-state index is -0.113. The van der Waals surface area contributed by atoms with Gasteiger partial charge in [-0.1, -0.05) is 43.7 Å². The Labute approximate surface area is 158 Å². The summed E-state index contributed by atoms with van der Waals surface area (Å²) in [5, 5.41) is 3.08. The van der Waals surface area contributed by atoms with Gasteiger partial charge in [-0.2, -0.15) is 0 Å². The maximum absolute atomic E-state index is 12.3. The van der Waals surface area contributed by atoms with Crippen LogP contribution in [0.2, 0.25) is 0 Å². The molecule has 0 aliphatic carbocycles. The Morgan fingerprint density at radius 3 is 2.52 bits per heavy atom. The Morgan fingerprint density at radius 1 is 1.16 bits per heavy atom. The molecular weight excluding hydrogens is 378 g/mol. The second kappa shape index (κ2) is 9.04. The summed E-state index contributed by atoms with van der Waals surface area (Å²) in [6.45, 7) is 8.34. The molecule has 1 amide bonds. The van der Waals surface area contributed by atoms with E-state index >= 15 is 0 Å². The summed E-state index contributed by atoms with van der Waals surface area (Å²) >= 11 is 3.50. The summed E-state index contributed by atoms with van der Waals surface area (Å²) < 4.78 is 6.55. The predicted molar refractivity (Wildman–Crippen MR) is 106 cm³/mol. The summed E-state index contributed by atoms with van der Waals surface area (Å²) in [6.07, 6.45) is 1.80. The van der Waals surface area contributed by atoms with Crippen molar-refractivity contribution < 1.29 is 9.53 Å². The van der Waals surface area contributed by atoms with Crippen molar-refractivity contribution in [3.8, 4) is 5.75 Å². The molecule has 0 aliphatic heterocycles. The second-order valence-corrected chi connectivity index (χ2v) is 7.15. The molecule has 0 heterocycles. The molecule has 1 N–H and O–H groups in total. The van der Waals surface area contributed by atoms with Gasteiger partial charge in [-0.15, -0.1) is 0 Å². The lowest BCUT2D eigenvalue weighted by molar-refractivity contribution is -0.123. The molecule has 0 aromatic heterocycles. The third-order valence-corrected chi connectivity index (χ3v) is 4.93. The number of ether oxygens (including phenoxy) is 1. The van der Waals surface area contributed by atoms with Gasteiger partial charge >= 0.3 is 0 Å². The standard InChI is InChI=1S/C21H26BrNO2/c1-5-16-8-10-20(18(22)12-16)25-13-21(24)23-19(6-2)17-9-7-14(3)11-15(17)4/h7-12,19H,5-6,13H2,1-4H3,(H,23,24)/t19-/m0/s1. The van der Waals surface area contributed by atoms with Crippen molar-refractivity contribution in [2.45, 2.75) is 46.6 Å². The van der Waals surface area contributed by atoms with Gasteiger partial charge in [0.05, 0.1) is 10.5 Å². The number of carbonyl (C=O) groups is 1. The monoisotopic (exact) mass is 403 g/mol. The van der Waals surface area contributed by atoms with E-state index in [0.29, 0.717) is 5.75 Å². The zero-order valence-electron chi connectivity index (χ0n) is 15.4. The average Bonchev–Trinajstić information content (AvgIpc) is 2.59. The van der Waals surface area contributed by atoms with E-state index in [-0.39, 0.29) is 18.6 Å². The molecule has 4 heteroatoms. The normalized spacial score (nSPS) is 11.9. The van der Waals surface area contributed by atoms with Crippen LogP contribution in [0.5, 0.6) is 5.75 Å². The molecule has 0 radical (unpaired) electrons. The van der Waals surface area contributed by atoms with E-state index in [1.165, 1.54) is 16.7 Å². The summed E-state index contributed by atoms with van der Waals surface area (Å²) in [4.78, 5) is 12.3. The molecule has 0 fully saturated rings. The highest BCUT2D eigenvalue weighted by molar-refractivity contribution is 9.10. The highest BCUT2D eigenvalue weighted by Gasteiger charge is 2.15. The second-order valence-electron chi connectivity index (χ2n) is 6.30. The number of halogens is 1. The molecule has 25 heavy (non-hydrogen) atoms. The average molecular weight is 404 g/mol. The minimum Gasteiger partial charge on any atom is -0.483 e. The number of carbonyl (C=O) groups excluding carboxylic acids is 1. The molecule has 134 valence electrons. The van der Waals surface area contributed by atoms with E-state index in [0.717, 1.165) is 22.9 Å².